The minimum Gasteiger partial charge on any atom is -0.351 e. The first kappa shape index (κ1) is 12.1. The third-order valence-corrected chi connectivity index (χ3v) is 3.03. The standard InChI is InChI=1S/C10H17N3OS/c1-6(11)4-10(14)12-5-9-7(2)13-8(3)15-9/h6H,4-5,11H2,1-3H3,(H,12,14). The van der Waals surface area contributed by atoms with E-state index in [0.29, 0.717) is 13.0 Å². The largest absolute Gasteiger partial charge is 0.351 e. The van der Waals surface area contributed by atoms with E-state index < -0.39 is 0 Å². The van der Waals surface area contributed by atoms with E-state index in [4.69, 9.17) is 5.73 Å². The number of carbonyl (C=O) groups is 1. The van der Waals surface area contributed by atoms with Crippen molar-refractivity contribution < 1.29 is 4.79 Å². The van der Waals surface area contributed by atoms with Crippen LogP contribution in [-0.2, 0) is 11.3 Å². The molecule has 4 nitrogen and oxygen atoms in total. The van der Waals surface area contributed by atoms with Crippen LogP contribution in [0.1, 0.15) is 28.9 Å². The maximum absolute atomic E-state index is 11.3. The molecule has 0 spiro atoms. The number of carbonyl (C=O) groups excluding carboxylic acids is 1. The second-order valence-electron chi connectivity index (χ2n) is 3.70. The number of hydrogen-bond acceptors (Lipinski definition) is 4. The van der Waals surface area contributed by atoms with E-state index >= 15 is 0 Å². The fourth-order valence-electron chi connectivity index (χ4n) is 1.28. The molecule has 1 atom stereocenters. The van der Waals surface area contributed by atoms with Gasteiger partial charge in [-0.2, -0.15) is 0 Å². The average molecular weight is 227 g/mol. The molecule has 0 saturated carbocycles. The van der Waals surface area contributed by atoms with Crippen molar-refractivity contribution >= 4 is 17.2 Å². The molecule has 1 rings (SSSR count). The lowest BCUT2D eigenvalue weighted by Gasteiger charge is -2.06. The van der Waals surface area contributed by atoms with Gasteiger partial charge < -0.3 is 11.1 Å². The number of nitrogens with two attached hydrogens (primary N) is 1. The highest BCUT2D eigenvalue weighted by Crippen LogP contribution is 2.16. The van der Waals surface area contributed by atoms with Gasteiger partial charge in [0.05, 0.1) is 17.2 Å². The van der Waals surface area contributed by atoms with Gasteiger partial charge in [-0.25, -0.2) is 4.98 Å². The van der Waals surface area contributed by atoms with Gasteiger partial charge in [-0.1, -0.05) is 0 Å². The van der Waals surface area contributed by atoms with Crippen molar-refractivity contribution in [3.63, 3.8) is 0 Å². The highest BCUT2D eigenvalue weighted by atomic mass is 32.1. The lowest BCUT2D eigenvalue weighted by atomic mass is 10.2. The first-order chi connectivity index (χ1) is 6.99. The summed E-state index contributed by atoms with van der Waals surface area (Å²) in [5, 5.41) is 3.87. The fraction of sp³-hybridized carbons (Fsp3) is 0.600. The molecule has 0 bridgehead atoms. The topological polar surface area (TPSA) is 68.0 Å². The molecule has 1 aromatic heterocycles. The van der Waals surface area contributed by atoms with Crippen molar-refractivity contribution in [1.82, 2.24) is 10.3 Å². The number of hydrogen-bond donors (Lipinski definition) is 2. The number of aromatic nitrogens is 1. The number of nitrogens with zero attached hydrogens (tertiary/aromatic N) is 1. The lowest BCUT2D eigenvalue weighted by molar-refractivity contribution is -0.121. The SMILES string of the molecule is Cc1nc(C)c(CNC(=O)CC(C)N)s1. The van der Waals surface area contributed by atoms with Gasteiger partial charge in [-0.3, -0.25) is 4.79 Å². The average Bonchev–Trinajstić information content (AvgIpc) is 2.40. The van der Waals surface area contributed by atoms with Crippen LogP contribution in [0.4, 0.5) is 0 Å². The summed E-state index contributed by atoms with van der Waals surface area (Å²) >= 11 is 1.62. The van der Waals surface area contributed by atoms with Crippen molar-refractivity contribution in [2.24, 2.45) is 5.73 Å². The molecule has 0 saturated heterocycles. The summed E-state index contributed by atoms with van der Waals surface area (Å²) in [6.07, 6.45) is 0.372. The van der Waals surface area contributed by atoms with Crippen LogP contribution in [0.2, 0.25) is 0 Å². The van der Waals surface area contributed by atoms with E-state index in [1.54, 1.807) is 11.3 Å². The second-order valence-corrected chi connectivity index (χ2v) is 4.99. The van der Waals surface area contributed by atoms with Gasteiger partial charge >= 0.3 is 0 Å². The van der Waals surface area contributed by atoms with Crippen molar-refractivity contribution in [2.75, 3.05) is 0 Å². The van der Waals surface area contributed by atoms with Gasteiger partial charge in [0.25, 0.3) is 0 Å². The Bertz CT molecular complexity index is 346. The molecule has 0 radical (unpaired) electrons. The summed E-state index contributed by atoms with van der Waals surface area (Å²) in [6, 6.07) is -0.0886. The highest BCUT2D eigenvalue weighted by molar-refractivity contribution is 7.11. The molecule has 5 heteroatoms. The molecular formula is C10H17N3OS. The van der Waals surface area contributed by atoms with Crippen LogP contribution in [0.25, 0.3) is 0 Å². The van der Waals surface area contributed by atoms with E-state index in [2.05, 4.69) is 10.3 Å². The Morgan fingerprint density at radius 3 is 2.73 bits per heavy atom. The Balaban J connectivity index is 2.43. The third-order valence-electron chi connectivity index (χ3n) is 1.95. The molecular weight excluding hydrogens is 210 g/mol. The smallest absolute Gasteiger partial charge is 0.221 e. The Labute approximate surface area is 93.9 Å². The van der Waals surface area contributed by atoms with Crippen LogP contribution in [0.3, 0.4) is 0 Å². The molecule has 1 amide bonds. The van der Waals surface area contributed by atoms with Crippen LogP contribution < -0.4 is 11.1 Å². The molecule has 15 heavy (non-hydrogen) atoms. The maximum atomic E-state index is 11.3. The minimum atomic E-state index is -0.0886. The van der Waals surface area contributed by atoms with Crippen LogP contribution in [0.15, 0.2) is 0 Å². The molecule has 0 aliphatic heterocycles. The summed E-state index contributed by atoms with van der Waals surface area (Å²) in [4.78, 5) is 16.7. The lowest BCUT2D eigenvalue weighted by Crippen LogP contribution is -2.29. The molecule has 1 heterocycles. The molecule has 3 N–H and O–H groups in total. The fourth-order valence-corrected chi connectivity index (χ4v) is 2.16. The van der Waals surface area contributed by atoms with Gasteiger partial charge in [0.1, 0.15) is 0 Å². The Hall–Kier alpha value is -0.940. The van der Waals surface area contributed by atoms with Gasteiger partial charge in [0, 0.05) is 17.3 Å². The summed E-state index contributed by atoms with van der Waals surface area (Å²) in [5.74, 6) is -0.00421. The summed E-state index contributed by atoms with van der Waals surface area (Å²) in [5.41, 5.74) is 6.52. The predicted octanol–water partition coefficient (Wildman–Crippen LogP) is 1.11. The summed E-state index contributed by atoms with van der Waals surface area (Å²) in [7, 11) is 0. The normalized spacial score (nSPS) is 12.5. The Kier molecular flexibility index (Phi) is 4.23. The first-order valence-corrected chi connectivity index (χ1v) is 5.76. The van der Waals surface area contributed by atoms with Crippen LogP contribution in [0, 0.1) is 13.8 Å². The van der Waals surface area contributed by atoms with E-state index in [1.165, 1.54) is 0 Å². The number of thiazole rings is 1. The Morgan fingerprint density at radius 2 is 2.27 bits per heavy atom. The van der Waals surface area contributed by atoms with Crippen molar-refractivity contribution in [3.05, 3.63) is 15.6 Å². The van der Waals surface area contributed by atoms with Gasteiger partial charge in [-0.15, -0.1) is 11.3 Å². The number of aryl methyl sites for hydroxylation is 2. The zero-order valence-electron chi connectivity index (χ0n) is 9.33. The molecule has 1 unspecified atom stereocenters. The number of nitrogens with one attached hydrogen (secondary N) is 1. The van der Waals surface area contributed by atoms with Crippen molar-refractivity contribution in [2.45, 2.75) is 39.8 Å². The minimum absolute atomic E-state index is 0.00421. The number of amides is 1. The van der Waals surface area contributed by atoms with Crippen LogP contribution in [0.5, 0.6) is 0 Å². The third kappa shape index (κ3) is 3.97. The quantitative estimate of drug-likeness (QED) is 0.809. The van der Waals surface area contributed by atoms with Crippen molar-refractivity contribution in [1.29, 1.82) is 0 Å². The molecule has 84 valence electrons. The molecule has 0 aliphatic carbocycles. The highest BCUT2D eigenvalue weighted by Gasteiger charge is 2.08. The number of rotatable bonds is 4. The van der Waals surface area contributed by atoms with Crippen LogP contribution in [-0.4, -0.2) is 16.9 Å². The molecule has 0 fully saturated rings. The zero-order chi connectivity index (χ0) is 11.4. The van der Waals surface area contributed by atoms with Crippen molar-refractivity contribution in [3.8, 4) is 0 Å². The Morgan fingerprint density at radius 1 is 1.60 bits per heavy atom. The van der Waals surface area contributed by atoms with Gasteiger partial charge in [0.2, 0.25) is 5.91 Å². The summed E-state index contributed by atoms with van der Waals surface area (Å²) in [6.45, 7) is 6.30. The maximum Gasteiger partial charge on any atom is 0.221 e. The predicted molar refractivity (Wildman–Crippen MR) is 61.7 cm³/mol. The van der Waals surface area contributed by atoms with Gasteiger partial charge in [-0.05, 0) is 20.8 Å². The molecule has 1 aromatic rings. The second kappa shape index (κ2) is 5.23. The van der Waals surface area contributed by atoms with E-state index in [0.717, 1.165) is 15.6 Å². The first-order valence-electron chi connectivity index (χ1n) is 4.94. The summed E-state index contributed by atoms with van der Waals surface area (Å²) < 4.78 is 0. The molecule has 0 aromatic carbocycles. The van der Waals surface area contributed by atoms with E-state index in [9.17, 15) is 4.79 Å². The molecule has 0 aliphatic rings. The van der Waals surface area contributed by atoms with E-state index in [1.807, 2.05) is 20.8 Å². The van der Waals surface area contributed by atoms with E-state index in [-0.39, 0.29) is 11.9 Å². The van der Waals surface area contributed by atoms with Gasteiger partial charge in [0.15, 0.2) is 0 Å². The monoisotopic (exact) mass is 227 g/mol. The van der Waals surface area contributed by atoms with Crippen LogP contribution >= 0.6 is 11.3 Å². The zero-order valence-corrected chi connectivity index (χ0v) is 10.1.